The molecule has 1 saturated heterocycles. The van der Waals surface area contributed by atoms with Crippen molar-refractivity contribution in [2.24, 2.45) is 34.5 Å². The molecule has 0 aromatic rings. The molecule has 0 bridgehead atoms. The summed E-state index contributed by atoms with van der Waals surface area (Å²) in [6.45, 7) is 4.28. The van der Waals surface area contributed by atoms with Gasteiger partial charge in [0.15, 0.2) is 6.29 Å². The Balaban J connectivity index is 1.18. The van der Waals surface area contributed by atoms with Crippen LogP contribution in [0.1, 0.15) is 78.1 Å². The van der Waals surface area contributed by atoms with Gasteiger partial charge in [0.05, 0.1) is 23.9 Å². The van der Waals surface area contributed by atoms with Gasteiger partial charge in [-0.1, -0.05) is 6.92 Å². The first kappa shape index (κ1) is 25.9. The first-order valence-corrected chi connectivity index (χ1v) is 14.3. The van der Waals surface area contributed by atoms with Crippen LogP contribution >= 0.6 is 0 Å². The largest absolute Gasteiger partial charge is 0.458 e. The van der Waals surface area contributed by atoms with Crippen LogP contribution in [0.25, 0.3) is 0 Å². The standard InChI is InChI=1S/C29H42O8/c1-16-26(33)23(31)13-25(36-16)37-19-5-9-28(15-30)18(12-19)3-4-22-21(28)6-8-27(2)20(7-10-29(22,27)34)17-11-24(32)35-14-17/h11,15-16,18-23,25-26,31,33-34H,3-10,12-14H2,1-2H3/t16-,18-,19+,20-,21+,22-,23+,25+,26-,27-,28-,29+/m1/s1. The van der Waals surface area contributed by atoms with Crippen molar-refractivity contribution in [1.29, 1.82) is 0 Å². The molecule has 0 aromatic carbocycles. The van der Waals surface area contributed by atoms with E-state index in [9.17, 15) is 24.9 Å². The fraction of sp³-hybridized carbons (Fsp3) is 0.862. The maximum atomic E-state index is 12.9. The van der Waals surface area contributed by atoms with E-state index in [1.165, 1.54) is 6.29 Å². The minimum atomic E-state index is -0.903. The molecule has 0 amide bonds. The molecule has 6 rings (SSSR count). The molecule has 4 aliphatic carbocycles. The van der Waals surface area contributed by atoms with Crippen molar-refractivity contribution in [3.63, 3.8) is 0 Å². The van der Waals surface area contributed by atoms with E-state index in [2.05, 4.69) is 6.92 Å². The first-order valence-electron chi connectivity index (χ1n) is 14.3. The molecular formula is C29H42O8. The minimum absolute atomic E-state index is 0.0473. The third kappa shape index (κ3) is 3.80. The van der Waals surface area contributed by atoms with E-state index in [-0.39, 0.29) is 47.6 Å². The van der Waals surface area contributed by atoms with Crippen LogP contribution in [0.4, 0.5) is 0 Å². The molecule has 5 fully saturated rings. The summed E-state index contributed by atoms with van der Waals surface area (Å²) in [5.74, 6) is 0.301. The number of carbonyl (C=O) groups excluding carboxylic acids is 2. The molecule has 0 spiro atoms. The molecule has 0 radical (unpaired) electrons. The fourth-order valence-corrected chi connectivity index (χ4v) is 9.75. The molecule has 6 aliphatic rings. The van der Waals surface area contributed by atoms with Gasteiger partial charge < -0.3 is 34.3 Å². The van der Waals surface area contributed by atoms with Crippen LogP contribution in [0.3, 0.4) is 0 Å². The molecule has 2 aliphatic heterocycles. The van der Waals surface area contributed by atoms with Gasteiger partial charge in [0.2, 0.25) is 0 Å². The summed E-state index contributed by atoms with van der Waals surface area (Å²) in [4.78, 5) is 24.7. The van der Waals surface area contributed by atoms with Crippen molar-refractivity contribution in [3.05, 3.63) is 11.6 Å². The zero-order valence-electron chi connectivity index (χ0n) is 22.0. The molecule has 3 N–H and O–H groups in total. The third-order valence-corrected chi connectivity index (χ3v) is 11.7. The molecule has 4 saturated carbocycles. The van der Waals surface area contributed by atoms with Gasteiger partial charge in [0.25, 0.3) is 0 Å². The van der Waals surface area contributed by atoms with Crippen LogP contribution in [-0.4, -0.2) is 70.5 Å². The van der Waals surface area contributed by atoms with E-state index in [4.69, 9.17) is 14.2 Å². The minimum Gasteiger partial charge on any atom is -0.458 e. The smallest absolute Gasteiger partial charge is 0.331 e. The Kier molecular flexibility index (Phi) is 6.39. The lowest BCUT2D eigenvalue weighted by Crippen LogP contribution is -2.63. The summed E-state index contributed by atoms with van der Waals surface area (Å²) < 4.78 is 17.3. The average Bonchev–Trinajstić information content (AvgIpc) is 3.42. The van der Waals surface area contributed by atoms with Gasteiger partial charge in [-0.25, -0.2) is 4.79 Å². The van der Waals surface area contributed by atoms with E-state index in [0.29, 0.717) is 13.0 Å². The van der Waals surface area contributed by atoms with Crippen LogP contribution in [0.15, 0.2) is 11.6 Å². The number of rotatable bonds is 4. The summed E-state index contributed by atoms with van der Waals surface area (Å²) in [7, 11) is 0. The molecule has 37 heavy (non-hydrogen) atoms. The van der Waals surface area contributed by atoms with Crippen LogP contribution in [-0.2, 0) is 23.8 Å². The second-order valence-electron chi connectivity index (χ2n) is 13.1. The molecular weight excluding hydrogens is 476 g/mol. The molecule has 0 unspecified atom stereocenters. The highest BCUT2D eigenvalue weighted by atomic mass is 16.7. The Labute approximate surface area is 218 Å². The fourth-order valence-electron chi connectivity index (χ4n) is 9.75. The van der Waals surface area contributed by atoms with Crippen LogP contribution in [0.2, 0.25) is 0 Å². The van der Waals surface area contributed by atoms with Gasteiger partial charge in [0, 0.05) is 23.3 Å². The number of aliphatic hydroxyl groups excluding tert-OH is 2. The Morgan fingerprint density at radius 3 is 2.57 bits per heavy atom. The third-order valence-electron chi connectivity index (χ3n) is 11.7. The normalized spacial score (nSPS) is 53.5. The van der Waals surface area contributed by atoms with Gasteiger partial charge >= 0.3 is 5.97 Å². The maximum absolute atomic E-state index is 12.9. The lowest BCUT2D eigenvalue weighted by atomic mass is 9.43. The number of hydrogen-bond donors (Lipinski definition) is 3. The second-order valence-corrected chi connectivity index (χ2v) is 13.1. The van der Waals surface area contributed by atoms with Crippen molar-refractivity contribution >= 4 is 12.3 Å². The molecule has 8 nitrogen and oxygen atoms in total. The van der Waals surface area contributed by atoms with Crippen LogP contribution < -0.4 is 0 Å². The van der Waals surface area contributed by atoms with E-state index in [1.807, 2.05) is 0 Å². The number of carbonyl (C=O) groups is 2. The number of ether oxygens (including phenoxy) is 3. The molecule has 2 heterocycles. The number of esters is 1. The Hall–Kier alpha value is -1.32. The van der Waals surface area contributed by atoms with Crippen molar-refractivity contribution in [3.8, 4) is 0 Å². The van der Waals surface area contributed by atoms with Crippen molar-refractivity contribution < 1.29 is 39.1 Å². The van der Waals surface area contributed by atoms with Crippen molar-refractivity contribution in [1.82, 2.24) is 0 Å². The van der Waals surface area contributed by atoms with Gasteiger partial charge in [-0.2, -0.15) is 0 Å². The highest BCUT2D eigenvalue weighted by Gasteiger charge is 2.68. The van der Waals surface area contributed by atoms with E-state index in [0.717, 1.165) is 56.9 Å². The van der Waals surface area contributed by atoms with Gasteiger partial charge in [-0.05, 0) is 94.0 Å². The molecule has 206 valence electrons. The van der Waals surface area contributed by atoms with Crippen molar-refractivity contribution in [2.75, 3.05) is 6.61 Å². The molecule has 8 heteroatoms. The topological polar surface area (TPSA) is 123 Å². The average molecular weight is 519 g/mol. The quantitative estimate of drug-likeness (QED) is 0.295. The summed E-state index contributed by atoms with van der Waals surface area (Å²) in [6.07, 6.45) is 7.61. The zero-order valence-corrected chi connectivity index (χ0v) is 22.0. The molecule has 12 atom stereocenters. The lowest BCUT2D eigenvalue weighted by Gasteiger charge is -2.63. The summed E-state index contributed by atoms with van der Waals surface area (Å²) in [6, 6.07) is 0. The lowest BCUT2D eigenvalue weighted by molar-refractivity contribution is -0.269. The zero-order chi connectivity index (χ0) is 26.2. The highest BCUT2D eigenvalue weighted by molar-refractivity contribution is 5.85. The van der Waals surface area contributed by atoms with E-state index in [1.54, 1.807) is 13.0 Å². The summed E-state index contributed by atoms with van der Waals surface area (Å²) >= 11 is 0. The first-order chi connectivity index (χ1) is 17.6. The predicted octanol–water partition coefficient (Wildman–Crippen LogP) is 2.66. The van der Waals surface area contributed by atoms with Crippen molar-refractivity contribution in [2.45, 2.75) is 114 Å². The summed E-state index contributed by atoms with van der Waals surface area (Å²) in [5.41, 5.74) is -0.578. The number of cyclic esters (lactones) is 1. The number of aliphatic hydroxyl groups is 3. The summed E-state index contributed by atoms with van der Waals surface area (Å²) in [5, 5.41) is 32.5. The molecule has 0 aromatic heterocycles. The van der Waals surface area contributed by atoms with Gasteiger partial charge in [-0.15, -0.1) is 0 Å². The van der Waals surface area contributed by atoms with Crippen LogP contribution in [0, 0.1) is 34.5 Å². The number of fused-ring (bicyclic) bond motifs is 5. The number of hydrogen-bond acceptors (Lipinski definition) is 8. The monoisotopic (exact) mass is 518 g/mol. The van der Waals surface area contributed by atoms with Gasteiger partial charge in [-0.3, -0.25) is 0 Å². The Morgan fingerprint density at radius 2 is 1.86 bits per heavy atom. The second kappa shape index (κ2) is 9.12. The number of aldehydes is 1. The van der Waals surface area contributed by atoms with E-state index >= 15 is 0 Å². The maximum Gasteiger partial charge on any atom is 0.331 e. The van der Waals surface area contributed by atoms with Crippen LogP contribution in [0.5, 0.6) is 0 Å². The Bertz CT molecular complexity index is 954. The van der Waals surface area contributed by atoms with Gasteiger partial charge in [0.1, 0.15) is 19.0 Å². The predicted molar refractivity (Wildman–Crippen MR) is 132 cm³/mol. The SMILES string of the molecule is C[C@H]1O[C@@H](O[C@H]2CC[C@@]3(C=O)[C@H](CC[C@@H]4[C@@H]3CC[C@]3(C)[C@@H](C5=CC(=O)OC5)CC[C@]43O)C2)C[C@H](O)[C@@H]1O. The highest BCUT2D eigenvalue weighted by Crippen LogP contribution is 2.69. The van der Waals surface area contributed by atoms with E-state index < -0.39 is 35.6 Å². The Morgan fingerprint density at radius 1 is 1.05 bits per heavy atom.